The molecule has 0 saturated carbocycles. The molecule has 0 aliphatic heterocycles. The number of aromatic nitrogens is 1. The zero-order chi connectivity index (χ0) is 22.1. The van der Waals surface area contributed by atoms with Crippen LogP contribution in [0.4, 0.5) is 5.69 Å². The van der Waals surface area contributed by atoms with Crippen molar-refractivity contribution in [3.63, 3.8) is 0 Å². The summed E-state index contributed by atoms with van der Waals surface area (Å²) in [5.41, 5.74) is 1.80. The molecule has 2 aromatic heterocycles. The van der Waals surface area contributed by atoms with Crippen molar-refractivity contribution in [3.8, 4) is 10.6 Å². The smallest absolute Gasteiger partial charge is 0.347 e. The molecule has 0 saturated heterocycles. The molecule has 0 spiro atoms. The number of hydrogen-bond acceptors (Lipinski definition) is 7. The minimum Gasteiger partial charge on any atom is -0.459 e. The third kappa shape index (κ3) is 3.93. The highest BCUT2D eigenvalue weighted by Crippen LogP contribution is 2.34. The van der Waals surface area contributed by atoms with E-state index < -0.39 is 11.6 Å². The third-order valence-electron chi connectivity index (χ3n) is 5.07. The second-order valence-electron chi connectivity index (χ2n) is 7.43. The molecule has 0 aliphatic carbocycles. The lowest BCUT2D eigenvalue weighted by molar-refractivity contribution is 0.0380. The molecule has 2 aromatic carbocycles. The van der Waals surface area contributed by atoms with E-state index in [-0.39, 0.29) is 17.2 Å². The van der Waals surface area contributed by atoms with Gasteiger partial charge in [0.25, 0.3) is 0 Å². The molecule has 6 nitrogen and oxygen atoms in total. The number of hydrogen-bond donors (Lipinski definition) is 0. The lowest BCUT2D eigenvalue weighted by Gasteiger charge is -2.21. The van der Waals surface area contributed by atoms with Crippen LogP contribution in [0.2, 0.25) is 0 Å². The normalized spacial score (nSPS) is 11.4. The van der Waals surface area contributed by atoms with Gasteiger partial charge in [-0.05, 0) is 52.0 Å². The number of esters is 1. The van der Waals surface area contributed by atoms with Crippen molar-refractivity contribution in [2.75, 3.05) is 18.0 Å². The number of anilines is 1. The molecule has 0 atom stereocenters. The lowest BCUT2D eigenvalue weighted by atomic mass is 10.0. The topological polar surface area (TPSA) is 72.6 Å². The van der Waals surface area contributed by atoms with Crippen LogP contribution in [-0.2, 0) is 4.74 Å². The van der Waals surface area contributed by atoms with Crippen molar-refractivity contribution in [1.29, 1.82) is 0 Å². The van der Waals surface area contributed by atoms with Gasteiger partial charge in [0.15, 0.2) is 0 Å². The fourth-order valence-electron chi connectivity index (χ4n) is 3.63. The van der Waals surface area contributed by atoms with Crippen molar-refractivity contribution in [2.45, 2.75) is 33.8 Å². The van der Waals surface area contributed by atoms with Gasteiger partial charge in [-0.2, -0.15) is 0 Å². The maximum absolute atomic E-state index is 13.1. The first-order valence-corrected chi connectivity index (χ1v) is 11.2. The average molecular weight is 437 g/mol. The van der Waals surface area contributed by atoms with Crippen molar-refractivity contribution in [2.24, 2.45) is 0 Å². The summed E-state index contributed by atoms with van der Waals surface area (Å²) in [6, 6.07) is 13.2. The Kier molecular flexibility index (Phi) is 5.78. The van der Waals surface area contributed by atoms with Crippen molar-refractivity contribution in [1.82, 2.24) is 4.98 Å². The van der Waals surface area contributed by atoms with Crippen LogP contribution in [-0.4, -0.2) is 30.1 Å². The van der Waals surface area contributed by atoms with E-state index in [1.807, 2.05) is 36.4 Å². The minimum absolute atomic E-state index is 0.148. The Balaban J connectivity index is 2.00. The fourth-order valence-corrected chi connectivity index (χ4v) is 4.64. The van der Waals surface area contributed by atoms with E-state index in [0.717, 1.165) is 29.0 Å². The second kappa shape index (κ2) is 8.51. The number of carbonyl (C=O) groups is 1. The first-order chi connectivity index (χ1) is 14.9. The van der Waals surface area contributed by atoms with Gasteiger partial charge in [-0.3, -0.25) is 0 Å². The number of ether oxygens (including phenoxy) is 1. The predicted molar refractivity (Wildman–Crippen MR) is 125 cm³/mol. The summed E-state index contributed by atoms with van der Waals surface area (Å²) >= 11 is 1.35. The number of fused-ring (bicyclic) bond motifs is 2. The zero-order valence-electron chi connectivity index (χ0n) is 18.0. The van der Waals surface area contributed by atoms with Crippen LogP contribution in [0.15, 0.2) is 51.7 Å². The molecule has 0 N–H and O–H groups in total. The van der Waals surface area contributed by atoms with Crippen molar-refractivity contribution < 1.29 is 13.9 Å². The number of para-hydroxylation sites is 1. The summed E-state index contributed by atoms with van der Waals surface area (Å²) in [7, 11) is 0. The number of benzene rings is 2. The Morgan fingerprint density at radius 3 is 2.58 bits per heavy atom. The van der Waals surface area contributed by atoms with E-state index in [2.05, 4.69) is 23.7 Å². The molecule has 0 fully saturated rings. The van der Waals surface area contributed by atoms with E-state index in [9.17, 15) is 9.59 Å². The first kappa shape index (κ1) is 21.1. The van der Waals surface area contributed by atoms with Crippen LogP contribution in [0, 0.1) is 0 Å². The van der Waals surface area contributed by atoms with E-state index in [1.54, 1.807) is 19.9 Å². The monoisotopic (exact) mass is 436 g/mol. The highest BCUT2D eigenvalue weighted by atomic mass is 32.1. The number of nitrogens with zero attached hydrogens (tertiary/aromatic N) is 2. The van der Waals surface area contributed by atoms with Crippen LogP contribution in [0.25, 0.3) is 31.8 Å². The van der Waals surface area contributed by atoms with Crippen molar-refractivity contribution >= 4 is 44.2 Å². The van der Waals surface area contributed by atoms with E-state index in [0.29, 0.717) is 16.0 Å². The molecule has 0 radical (unpaired) electrons. The lowest BCUT2D eigenvalue weighted by Crippen LogP contribution is -2.22. The van der Waals surface area contributed by atoms with E-state index in [1.165, 1.54) is 11.3 Å². The molecule has 7 heteroatoms. The van der Waals surface area contributed by atoms with Gasteiger partial charge >= 0.3 is 11.6 Å². The number of thiazole rings is 1. The summed E-state index contributed by atoms with van der Waals surface area (Å²) in [5.74, 6) is -0.558. The SMILES string of the molecule is CCN(CC)c1ccc2c(C(=O)OC(C)C)c(-c3nc4ccccc4s3)c(=O)oc2c1. The maximum atomic E-state index is 13.1. The van der Waals surface area contributed by atoms with Gasteiger partial charge in [0.2, 0.25) is 0 Å². The number of rotatable bonds is 6. The molecule has 0 amide bonds. The van der Waals surface area contributed by atoms with Gasteiger partial charge in [-0.25, -0.2) is 14.6 Å². The predicted octanol–water partition coefficient (Wildman–Crippen LogP) is 5.48. The maximum Gasteiger partial charge on any atom is 0.347 e. The van der Waals surface area contributed by atoms with Crippen LogP contribution < -0.4 is 10.5 Å². The summed E-state index contributed by atoms with van der Waals surface area (Å²) in [4.78, 5) is 33.0. The van der Waals surface area contributed by atoms with Gasteiger partial charge in [-0.1, -0.05) is 12.1 Å². The summed E-state index contributed by atoms with van der Waals surface area (Å²) < 4.78 is 12.1. The Labute approximate surface area is 184 Å². The Hall–Kier alpha value is -3.19. The highest BCUT2D eigenvalue weighted by Gasteiger charge is 2.26. The molecule has 4 rings (SSSR count). The molecule has 160 valence electrons. The number of carbonyl (C=O) groups excluding carboxylic acids is 1. The summed E-state index contributed by atoms with van der Waals surface area (Å²) in [5, 5.41) is 0.982. The minimum atomic E-state index is -0.598. The Morgan fingerprint density at radius 1 is 1.16 bits per heavy atom. The largest absolute Gasteiger partial charge is 0.459 e. The Bertz CT molecular complexity index is 1290. The molecule has 31 heavy (non-hydrogen) atoms. The first-order valence-electron chi connectivity index (χ1n) is 10.4. The standard InChI is InChI=1S/C24H24N2O4S/c1-5-26(6-2)15-11-12-16-18(13-15)30-24(28)21(20(16)23(27)29-14(3)4)22-25-17-9-7-8-10-19(17)31-22/h7-14H,5-6H2,1-4H3. The van der Waals surface area contributed by atoms with Gasteiger partial charge in [-0.15, -0.1) is 11.3 Å². The molecule has 0 bridgehead atoms. The van der Waals surface area contributed by atoms with E-state index in [4.69, 9.17) is 9.15 Å². The van der Waals surface area contributed by atoms with Crippen LogP contribution >= 0.6 is 11.3 Å². The molecule has 4 aromatic rings. The second-order valence-corrected chi connectivity index (χ2v) is 8.46. The molecule has 2 heterocycles. The highest BCUT2D eigenvalue weighted by molar-refractivity contribution is 7.21. The summed E-state index contributed by atoms with van der Waals surface area (Å²) in [6.45, 7) is 9.32. The van der Waals surface area contributed by atoms with Crippen LogP contribution in [0.1, 0.15) is 38.1 Å². The van der Waals surface area contributed by atoms with Gasteiger partial charge in [0.05, 0.1) is 21.9 Å². The Morgan fingerprint density at radius 2 is 1.90 bits per heavy atom. The molecular weight excluding hydrogens is 412 g/mol. The van der Waals surface area contributed by atoms with Crippen LogP contribution in [0.3, 0.4) is 0 Å². The van der Waals surface area contributed by atoms with E-state index >= 15 is 0 Å². The quantitative estimate of drug-likeness (QED) is 0.294. The molecule has 0 unspecified atom stereocenters. The van der Waals surface area contributed by atoms with Gasteiger partial charge in [0.1, 0.15) is 16.2 Å². The molecule has 0 aliphatic rings. The fraction of sp³-hybridized carbons (Fsp3) is 0.292. The van der Waals surface area contributed by atoms with Gasteiger partial charge in [0, 0.05) is 30.2 Å². The average Bonchev–Trinajstić information content (AvgIpc) is 3.16. The van der Waals surface area contributed by atoms with Crippen molar-refractivity contribution in [3.05, 3.63) is 58.4 Å². The van der Waals surface area contributed by atoms with Gasteiger partial charge < -0.3 is 14.1 Å². The zero-order valence-corrected chi connectivity index (χ0v) is 18.8. The van der Waals surface area contributed by atoms with Crippen LogP contribution in [0.5, 0.6) is 0 Å². The summed E-state index contributed by atoms with van der Waals surface area (Å²) in [6.07, 6.45) is -0.326. The molecular formula is C24H24N2O4S. The third-order valence-corrected chi connectivity index (χ3v) is 6.13.